The van der Waals surface area contributed by atoms with Crippen molar-refractivity contribution >= 4 is 20.0 Å². The molecule has 4 heteroatoms. The van der Waals surface area contributed by atoms with E-state index in [2.05, 4.69) is 27.7 Å². The largest absolute Gasteiger partial charge is 0.290 e. The third-order valence-corrected chi connectivity index (χ3v) is 3.95. The molecule has 0 aromatic carbocycles. The first-order chi connectivity index (χ1) is 6.33. The summed E-state index contributed by atoms with van der Waals surface area (Å²) in [7, 11) is -2.44. The molecule has 0 aliphatic rings. The molecule has 0 rings (SSSR count). The normalized spacial score (nSPS) is 16.1. The predicted molar refractivity (Wildman–Crippen MR) is 65.2 cm³/mol. The maximum atomic E-state index is 11.7. The minimum Gasteiger partial charge on any atom is -0.290 e. The van der Waals surface area contributed by atoms with E-state index in [0.717, 1.165) is 12.8 Å². The van der Waals surface area contributed by atoms with Gasteiger partial charge < -0.3 is 0 Å². The van der Waals surface area contributed by atoms with E-state index in [-0.39, 0.29) is 0 Å². The van der Waals surface area contributed by atoms with Crippen molar-refractivity contribution in [3.63, 3.8) is 0 Å². The van der Waals surface area contributed by atoms with Gasteiger partial charge in [0.1, 0.15) is 8.77 Å². The summed E-state index contributed by atoms with van der Waals surface area (Å²) in [4.78, 5) is 0. The molecule has 2 nitrogen and oxygen atoms in total. The summed E-state index contributed by atoms with van der Waals surface area (Å²) >= 11 is 4.92. The summed E-state index contributed by atoms with van der Waals surface area (Å²) in [6.07, 6.45) is 1.80. The summed E-state index contributed by atoms with van der Waals surface area (Å²) in [5.41, 5.74) is 0. The van der Waals surface area contributed by atoms with Crippen LogP contribution in [0.2, 0.25) is 0 Å². The van der Waals surface area contributed by atoms with E-state index in [1.165, 1.54) is 0 Å². The van der Waals surface area contributed by atoms with Gasteiger partial charge in [-0.25, -0.2) is 4.21 Å². The molecule has 0 bridgehead atoms. The van der Waals surface area contributed by atoms with Crippen molar-refractivity contribution in [2.75, 3.05) is 12.4 Å². The lowest BCUT2D eigenvalue weighted by Gasteiger charge is -2.10. The molecule has 0 aromatic heterocycles. The lowest BCUT2D eigenvalue weighted by molar-refractivity contribution is 0.313. The molecule has 0 saturated heterocycles. The van der Waals surface area contributed by atoms with Crippen LogP contribution < -0.4 is 0 Å². The van der Waals surface area contributed by atoms with Crippen LogP contribution in [0.1, 0.15) is 40.5 Å². The second kappa shape index (κ2) is 6.75. The van der Waals surface area contributed by atoms with Gasteiger partial charge in [0.25, 0.3) is 0 Å². The zero-order valence-corrected chi connectivity index (χ0v) is 11.2. The molecule has 1 unspecified atom stereocenters. The lowest BCUT2D eigenvalue weighted by Crippen LogP contribution is -2.12. The predicted octanol–water partition coefficient (Wildman–Crippen LogP) is 2.76. The Hall–Kier alpha value is 0.330. The standard InChI is InChI=1S/C10H22O2S2/c1-9(2)5-7-12-14(11,13)8-6-10(3)4/h9-10H,5-8H2,1-4H3. The Morgan fingerprint density at radius 3 is 2.07 bits per heavy atom. The molecular formula is C10H22O2S2. The van der Waals surface area contributed by atoms with Gasteiger partial charge in [0, 0.05) is 11.2 Å². The average molecular weight is 238 g/mol. The van der Waals surface area contributed by atoms with E-state index in [1.807, 2.05) is 0 Å². The van der Waals surface area contributed by atoms with E-state index in [1.54, 1.807) is 0 Å². The molecule has 0 fully saturated rings. The third-order valence-electron chi connectivity index (χ3n) is 1.90. The summed E-state index contributed by atoms with van der Waals surface area (Å²) in [6.45, 7) is 8.95. The Kier molecular flexibility index (Phi) is 6.91. The van der Waals surface area contributed by atoms with Crippen LogP contribution in [0.4, 0.5) is 0 Å². The number of rotatable bonds is 7. The summed E-state index contributed by atoms with van der Waals surface area (Å²) in [5.74, 6) is 1.62. The molecular weight excluding hydrogens is 216 g/mol. The van der Waals surface area contributed by atoms with Crippen molar-refractivity contribution in [3.05, 3.63) is 0 Å². The van der Waals surface area contributed by atoms with Gasteiger partial charge in [0.2, 0.25) is 0 Å². The van der Waals surface area contributed by atoms with Crippen LogP contribution in [0, 0.1) is 11.8 Å². The highest BCUT2D eigenvalue weighted by molar-refractivity contribution is 8.30. The second-order valence-corrected chi connectivity index (χ2v) is 7.73. The van der Waals surface area contributed by atoms with Crippen molar-refractivity contribution in [2.24, 2.45) is 11.8 Å². The first-order valence-electron chi connectivity index (χ1n) is 5.20. The average Bonchev–Trinajstić information content (AvgIpc) is 2.00. The fourth-order valence-corrected chi connectivity index (χ4v) is 2.57. The van der Waals surface area contributed by atoms with E-state index in [9.17, 15) is 4.21 Å². The number of hydrogen-bond acceptors (Lipinski definition) is 3. The van der Waals surface area contributed by atoms with Crippen molar-refractivity contribution in [2.45, 2.75) is 40.5 Å². The van der Waals surface area contributed by atoms with Gasteiger partial charge in [0.15, 0.2) is 0 Å². The van der Waals surface area contributed by atoms with Crippen LogP contribution >= 0.6 is 0 Å². The first kappa shape index (κ1) is 14.3. The van der Waals surface area contributed by atoms with E-state index in [4.69, 9.17) is 15.4 Å². The van der Waals surface area contributed by atoms with Gasteiger partial charge in [-0.2, -0.15) is 0 Å². The van der Waals surface area contributed by atoms with Gasteiger partial charge in [-0.05, 0) is 24.7 Å². The monoisotopic (exact) mass is 238 g/mol. The minimum absolute atomic E-state index is 0.512. The fraction of sp³-hybridized carbons (Fsp3) is 1.00. The van der Waals surface area contributed by atoms with Crippen LogP contribution in [0.5, 0.6) is 0 Å². The van der Waals surface area contributed by atoms with Gasteiger partial charge in [-0.15, -0.1) is 0 Å². The molecule has 14 heavy (non-hydrogen) atoms. The van der Waals surface area contributed by atoms with Crippen LogP contribution in [-0.4, -0.2) is 16.6 Å². The Bertz CT molecular complexity index is 231. The second-order valence-electron chi connectivity index (χ2n) is 4.45. The maximum absolute atomic E-state index is 11.7. The van der Waals surface area contributed by atoms with Crippen LogP contribution in [0.15, 0.2) is 0 Å². The zero-order valence-electron chi connectivity index (χ0n) is 9.62. The molecule has 86 valence electrons. The fourth-order valence-electron chi connectivity index (χ4n) is 0.850. The molecule has 0 aromatic rings. The Morgan fingerprint density at radius 1 is 1.14 bits per heavy atom. The van der Waals surface area contributed by atoms with E-state index < -0.39 is 8.77 Å². The Morgan fingerprint density at radius 2 is 1.64 bits per heavy atom. The maximum Gasteiger partial charge on any atom is 0.144 e. The molecule has 0 amide bonds. The highest BCUT2D eigenvalue weighted by Gasteiger charge is 2.08. The molecule has 0 radical (unpaired) electrons. The summed E-state index contributed by atoms with van der Waals surface area (Å²) in [6, 6.07) is 0. The van der Waals surface area contributed by atoms with Gasteiger partial charge in [-0.3, -0.25) is 4.18 Å². The summed E-state index contributed by atoms with van der Waals surface area (Å²) in [5, 5.41) is 0. The summed E-state index contributed by atoms with van der Waals surface area (Å²) < 4.78 is 16.9. The third kappa shape index (κ3) is 8.91. The smallest absolute Gasteiger partial charge is 0.144 e. The van der Waals surface area contributed by atoms with Crippen LogP contribution in [0.3, 0.4) is 0 Å². The molecule has 0 aliphatic carbocycles. The van der Waals surface area contributed by atoms with E-state index >= 15 is 0 Å². The van der Waals surface area contributed by atoms with Crippen molar-refractivity contribution in [3.8, 4) is 0 Å². The molecule has 1 atom stereocenters. The van der Waals surface area contributed by atoms with Crippen molar-refractivity contribution in [1.82, 2.24) is 0 Å². The number of hydrogen-bond donors (Lipinski definition) is 0. The minimum atomic E-state index is -2.44. The highest BCUT2D eigenvalue weighted by atomic mass is 32.8. The quantitative estimate of drug-likeness (QED) is 0.682. The topological polar surface area (TPSA) is 26.3 Å². The van der Waals surface area contributed by atoms with E-state index in [0.29, 0.717) is 24.2 Å². The lowest BCUT2D eigenvalue weighted by atomic mass is 10.2. The molecule has 0 spiro atoms. The van der Waals surface area contributed by atoms with Crippen LogP contribution in [-0.2, 0) is 24.1 Å². The Balaban J connectivity index is 3.73. The zero-order chi connectivity index (χ0) is 11.2. The molecule has 0 aliphatic heterocycles. The van der Waals surface area contributed by atoms with Crippen molar-refractivity contribution < 1.29 is 8.39 Å². The van der Waals surface area contributed by atoms with Crippen molar-refractivity contribution in [1.29, 1.82) is 0 Å². The first-order valence-corrected chi connectivity index (χ1v) is 7.78. The van der Waals surface area contributed by atoms with Gasteiger partial charge in [-0.1, -0.05) is 27.7 Å². The van der Waals surface area contributed by atoms with Gasteiger partial charge in [0.05, 0.1) is 12.4 Å². The molecule has 0 saturated carbocycles. The molecule has 0 N–H and O–H groups in total. The molecule has 0 heterocycles. The van der Waals surface area contributed by atoms with Gasteiger partial charge >= 0.3 is 0 Å². The SMILES string of the molecule is CC(C)CCOS(=O)(=S)CCC(C)C. The van der Waals surface area contributed by atoms with Crippen LogP contribution in [0.25, 0.3) is 0 Å². The Labute approximate surface area is 93.3 Å². The highest BCUT2D eigenvalue weighted by Crippen LogP contribution is 2.07.